The minimum Gasteiger partial charge on any atom is -0.496 e. The van der Waals surface area contributed by atoms with E-state index in [1.54, 1.807) is 7.11 Å². The fourth-order valence-corrected chi connectivity index (χ4v) is 2.70. The van der Waals surface area contributed by atoms with Crippen molar-refractivity contribution < 1.29 is 9.53 Å². The van der Waals surface area contributed by atoms with Crippen LogP contribution in [0.5, 0.6) is 5.75 Å². The molecule has 2 aromatic carbocycles. The van der Waals surface area contributed by atoms with Crippen molar-refractivity contribution in [3.63, 3.8) is 0 Å². The minimum absolute atomic E-state index is 0.229. The summed E-state index contributed by atoms with van der Waals surface area (Å²) in [5.74, 6) is 1.02. The maximum atomic E-state index is 12.4. The number of amides is 1. The fourth-order valence-electron chi connectivity index (χ4n) is 2.70. The normalized spacial score (nSPS) is 10.3. The van der Waals surface area contributed by atoms with Gasteiger partial charge in [0.05, 0.1) is 12.7 Å². The van der Waals surface area contributed by atoms with Crippen LogP contribution in [0.1, 0.15) is 28.4 Å². The number of carbonyl (C=O) groups is 1. The topological polar surface area (TPSA) is 76.1 Å². The third kappa shape index (κ3) is 4.61. The highest BCUT2D eigenvalue weighted by Gasteiger charge is 2.10. The number of benzene rings is 2. The monoisotopic (exact) mass is 362 g/mol. The predicted molar refractivity (Wildman–Crippen MR) is 106 cm³/mol. The number of ether oxygens (including phenoxy) is 1. The van der Waals surface area contributed by atoms with Crippen molar-refractivity contribution in [2.75, 3.05) is 17.7 Å². The molecule has 0 aliphatic carbocycles. The highest BCUT2D eigenvalue weighted by Crippen LogP contribution is 2.18. The Morgan fingerprint density at radius 1 is 1.00 bits per heavy atom. The zero-order valence-electron chi connectivity index (χ0n) is 15.4. The summed E-state index contributed by atoms with van der Waals surface area (Å²) >= 11 is 0. The summed E-state index contributed by atoms with van der Waals surface area (Å²) in [4.78, 5) is 20.9. The number of anilines is 2. The first-order chi connectivity index (χ1) is 13.2. The molecule has 0 aliphatic rings. The molecule has 2 N–H and O–H groups in total. The molecule has 0 unspecified atom stereocenters. The number of nitrogens with zero attached hydrogens (tertiary/aromatic N) is 2. The molecule has 0 bridgehead atoms. The Bertz CT molecular complexity index is 910. The van der Waals surface area contributed by atoms with Gasteiger partial charge in [0, 0.05) is 30.2 Å². The third-order valence-electron chi connectivity index (χ3n) is 4.19. The van der Waals surface area contributed by atoms with Gasteiger partial charge in [0.2, 0.25) is 5.95 Å². The van der Waals surface area contributed by atoms with Crippen LogP contribution in [0, 0.1) is 0 Å². The highest BCUT2D eigenvalue weighted by molar-refractivity contribution is 6.04. The molecule has 0 aliphatic heterocycles. The molecule has 0 atom stereocenters. The summed E-state index contributed by atoms with van der Waals surface area (Å²) in [7, 11) is 1.64. The lowest BCUT2D eigenvalue weighted by Gasteiger charge is -2.10. The molecule has 6 nitrogen and oxygen atoms in total. The van der Waals surface area contributed by atoms with Crippen LogP contribution in [-0.4, -0.2) is 23.0 Å². The molecule has 3 aromatic rings. The van der Waals surface area contributed by atoms with Gasteiger partial charge in [-0.05, 0) is 24.1 Å². The molecule has 1 amide bonds. The first-order valence-corrected chi connectivity index (χ1v) is 8.78. The first kappa shape index (κ1) is 18.4. The minimum atomic E-state index is -0.229. The molecule has 6 heteroatoms. The maximum absolute atomic E-state index is 12.4. The molecule has 27 heavy (non-hydrogen) atoms. The van der Waals surface area contributed by atoms with E-state index in [4.69, 9.17) is 4.74 Å². The van der Waals surface area contributed by atoms with E-state index >= 15 is 0 Å². The second-order valence-electron chi connectivity index (χ2n) is 5.93. The van der Waals surface area contributed by atoms with Crippen LogP contribution >= 0.6 is 0 Å². The Morgan fingerprint density at radius 2 is 1.67 bits per heavy atom. The second-order valence-corrected chi connectivity index (χ2v) is 5.93. The average molecular weight is 362 g/mol. The van der Waals surface area contributed by atoms with Gasteiger partial charge in [-0.25, -0.2) is 9.97 Å². The molecule has 0 radical (unpaired) electrons. The molecular weight excluding hydrogens is 340 g/mol. The van der Waals surface area contributed by atoms with E-state index in [1.165, 1.54) is 12.4 Å². The largest absolute Gasteiger partial charge is 0.496 e. The fraction of sp³-hybridized carbons (Fsp3) is 0.190. The summed E-state index contributed by atoms with van der Waals surface area (Å²) in [6, 6.07) is 15.5. The van der Waals surface area contributed by atoms with Gasteiger partial charge < -0.3 is 15.4 Å². The summed E-state index contributed by atoms with van der Waals surface area (Å²) < 4.78 is 5.33. The van der Waals surface area contributed by atoms with Crippen molar-refractivity contribution in [1.29, 1.82) is 0 Å². The zero-order valence-corrected chi connectivity index (χ0v) is 15.4. The molecule has 0 spiro atoms. The Kier molecular flexibility index (Phi) is 5.99. The summed E-state index contributed by atoms with van der Waals surface area (Å²) in [6.07, 6.45) is 3.88. The maximum Gasteiger partial charge on any atom is 0.258 e. The molecule has 1 aromatic heterocycles. The zero-order chi connectivity index (χ0) is 19.1. The van der Waals surface area contributed by atoms with Gasteiger partial charge in [-0.1, -0.05) is 43.3 Å². The molecule has 138 valence electrons. The molecule has 3 rings (SSSR count). The van der Waals surface area contributed by atoms with Crippen molar-refractivity contribution in [3.8, 4) is 5.75 Å². The van der Waals surface area contributed by atoms with Gasteiger partial charge in [-0.3, -0.25) is 4.79 Å². The quantitative estimate of drug-likeness (QED) is 0.666. The van der Waals surface area contributed by atoms with Crippen molar-refractivity contribution in [2.45, 2.75) is 19.9 Å². The van der Waals surface area contributed by atoms with Crippen LogP contribution in [0.4, 0.5) is 11.6 Å². The third-order valence-corrected chi connectivity index (χ3v) is 4.19. The van der Waals surface area contributed by atoms with Crippen molar-refractivity contribution in [1.82, 2.24) is 9.97 Å². The van der Waals surface area contributed by atoms with Gasteiger partial charge in [0.1, 0.15) is 5.75 Å². The van der Waals surface area contributed by atoms with E-state index in [9.17, 15) is 4.79 Å². The summed E-state index contributed by atoms with van der Waals surface area (Å²) in [5.41, 5.74) is 3.30. The van der Waals surface area contributed by atoms with Crippen LogP contribution in [0.3, 0.4) is 0 Å². The molecular formula is C21H22N4O2. The average Bonchev–Trinajstić information content (AvgIpc) is 2.73. The number of nitrogens with one attached hydrogen (secondary N) is 2. The number of methoxy groups -OCH3 is 1. The lowest BCUT2D eigenvalue weighted by atomic mass is 10.1. The van der Waals surface area contributed by atoms with Crippen LogP contribution in [0.25, 0.3) is 0 Å². The van der Waals surface area contributed by atoms with Crippen molar-refractivity contribution in [2.24, 2.45) is 0 Å². The lowest BCUT2D eigenvalue weighted by molar-refractivity contribution is 0.102. The molecule has 0 fully saturated rings. The Labute approximate surface area is 158 Å². The number of hydrogen-bond donors (Lipinski definition) is 2. The number of para-hydroxylation sites is 2. The smallest absolute Gasteiger partial charge is 0.258 e. The predicted octanol–water partition coefficient (Wildman–Crippen LogP) is 3.91. The van der Waals surface area contributed by atoms with Crippen LogP contribution in [-0.2, 0) is 13.0 Å². The van der Waals surface area contributed by atoms with E-state index in [-0.39, 0.29) is 5.91 Å². The standard InChI is InChI=1S/C21H22N4O2/c1-3-15-8-4-6-10-18(15)25-20(26)17-13-23-21(24-14-17)22-12-16-9-5-7-11-19(16)27-2/h4-11,13-14H,3,12H2,1-2H3,(H,25,26)(H,22,23,24). The SMILES string of the molecule is CCc1ccccc1NC(=O)c1cnc(NCc2ccccc2OC)nc1. The van der Waals surface area contributed by atoms with E-state index in [2.05, 4.69) is 27.5 Å². The number of hydrogen-bond acceptors (Lipinski definition) is 5. The molecule has 1 heterocycles. The number of aryl methyl sites for hydroxylation is 1. The van der Waals surface area contributed by atoms with E-state index in [0.29, 0.717) is 18.1 Å². The Hall–Kier alpha value is -3.41. The van der Waals surface area contributed by atoms with E-state index in [0.717, 1.165) is 29.0 Å². The Balaban J connectivity index is 1.63. The van der Waals surface area contributed by atoms with Gasteiger partial charge in [0.25, 0.3) is 5.91 Å². The van der Waals surface area contributed by atoms with Gasteiger partial charge in [0.15, 0.2) is 0 Å². The lowest BCUT2D eigenvalue weighted by Crippen LogP contribution is -2.14. The van der Waals surface area contributed by atoms with Crippen molar-refractivity contribution >= 4 is 17.5 Å². The number of aromatic nitrogens is 2. The highest BCUT2D eigenvalue weighted by atomic mass is 16.5. The summed E-state index contributed by atoms with van der Waals surface area (Å²) in [6.45, 7) is 2.58. The van der Waals surface area contributed by atoms with Gasteiger partial charge in [-0.2, -0.15) is 0 Å². The van der Waals surface area contributed by atoms with E-state index < -0.39 is 0 Å². The number of carbonyl (C=O) groups excluding carboxylic acids is 1. The van der Waals surface area contributed by atoms with Gasteiger partial charge in [-0.15, -0.1) is 0 Å². The molecule has 0 saturated heterocycles. The number of rotatable bonds is 7. The van der Waals surface area contributed by atoms with Crippen LogP contribution < -0.4 is 15.4 Å². The van der Waals surface area contributed by atoms with Crippen molar-refractivity contribution in [3.05, 3.63) is 77.6 Å². The van der Waals surface area contributed by atoms with Crippen LogP contribution in [0.2, 0.25) is 0 Å². The second kappa shape index (κ2) is 8.80. The van der Waals surface area contributed by atoms with E-state index in [1.807, 2.05) is 48.5 Å². The van der Waals surface area contributed by atoms with Crippen LogP contribution in [0.15, 0.2) is 60.9 Å². The summed E-state index contributed by atoms with van der Waals surface area (Å²) in [5, 5.41) is 6.05. The Morgan fingerprint density at radius 3 is 2.37 bits per heavy atom. The first-order valence-electron chi connectivity index (χ1n) is 8.78. The van der Waals surface area contributed by atoms with Gasteiger partial charge >= 0.3 is 0 Å². The molecule has 0 saturated carbocycles.